The molecule has 0 radical (unpaired) electrons. The molecule has 0 N–H and O–H groups in total. The van der Waals surface area contributed by atoms with Gasteiger partial charge in [-0.1, -0.05) is 25.1 Å². The number of para-hydroxylation sites is 1. The van der Waals surface area contributed by atoms with Crippen LogP contribution >= 0.6 is 0 Å². The fourth-order valence-electron chi connectivity index (χ4n) is 3.45. The zero-order valence-corrected chi connectivity index (χ0v) is 13.4. The Balaban J connectivity index is 1.73. The third-order valence-electron chi connectivity index (χ3n) is 4.66. The second kappa shape index (κ2) is 5.99. The molecule has 0 bridgehead atoms. The first-order chi connectivity index (χ1) is 11.3. The Morgan fingerprint density at radius 3 is 3.00 bits per heavy atom. The van der Waals surface area contributed by atoms with Gasteiger partial charge in [-0.25, -0.2) is 9.67 Å². The lowest BCUT2D eigenvalue weighted by Gasteiger charge is -2.35. The molecule has 0 amide bonds. The van der Waals surface area contributed by atoms with Crippen LogP contribution in [0.2, 0.25) is 0 Å². The summed E-state index contributed by atoms with van der Waals surface area (Å²) in [6.45, 7) is 4.22. The minimum absolute atomic E-state index is 0.392. The van der Waals surface area contributed by atoms with E-state index in [-0.39, 0.29) is 0 Å². The molecule has 118 valence electrons. The van der Waals surface area contributed by atoms with Crippen LogP contribution in [0.4, 0.5) is 5.69 Å². The maximum Gasteiger partial charge on any atom is 0.137 e. The molecular formula is C18H21N5. The minimum Gasteiger partial charge on any atom is -0.369 e. The van der Waals surface area contributed by atoms with Crippen LogP contribution < -0.4 is 4.90 Å². The molecule has 1 atom stereocenters. The summed E-state index contributed by atoms with van der Waals surface area (Å²) in [5.41, 5.74) is 3.54. The van der Waals surface area contributed by atoms with Crippen molar-refractivity contribution in [1.29, 1.82) is 0 Å². The van der Waals surface area contributed by atoms with E-state index in [1.807, 2.05) is 11.0 Å². The first-order valence-electron chi connectivity index (χ1n) is 8.33. The predicted molar refractivity (Wildman–Crippen MR) is 91.6 cm³/mol. The van der Waals surface area contributed by atoms with Gasteiger partial charge >= 0.3 is 0 Å². The minimum atomic E-state index is 0.392. The zero-order valence-electron chi connectivity index (χ0n) is 13.4. The number of pyridine rings is 1. The van der Waals surface area contributed by atoms with E-state index < -0.39 is 0 Å². The number of nitrogens with zero attached hydrogens (tertiary/aromatic N) is 5. The third kappa shape index (κ3) is 2.67. The molecule has 1 aromatic carbocycles. The summed E-state index contributed by atoms with van der Waals surface area (Å²) >= 11 is 0. The van der Waals surface area contributed by atoms with Crippen LogP contribution in [-0.4, -0.2) is 32.8 Å². The first-order valence-corrected chi connectivity index (χ1v) is 8.33. The monoisotopic (exact) mass is 307 g/mol. The van der Waals surface area contributed by atoms with Gasteiger partial charge in [-0.3, -0.25) is 4.98 Å². The molecule has 1 fully saturated rings. The van der Waals surface area contributed by atoms with Gasteiger partial charge in [-0.2, -0.15) is 5.10 Å². The van der Waals surface area contributed by atoms with Crippen LogP contribution in [-0.2, 0) is 6.42 Å². The summed E-state index contributed by atoms with van der Waals surface area (Å²) in [5, 5.41) is 5.57. The summed E-state index contributed by atoms with van der Waals surface area (Å²) in [4.78, 5) is 11.3. The second-order valence-electron chi connectivity index (χ2n) is 6.12. The Bertz CT molecular complexity index is 796. The number of fused-ring (bicyclic) bond motifs is 1. The number of benzene rings is 1. The van der Waals surface area contributed by atoms with Crippen molar-refractivity contribution in [3.05, 3.63) is 48.7 Å². The van der Waals surface area contributed by atoms with E-state index in [4.69, 9.17) is 4.98 Å². The Morgan fingerprint density at radius 1 is 1.26 bits per heavy atom. The summed E-state index contributed by atoms with van der Waals surface area (Å²) in [6, 6.07) is 11.1. The smallest absolute Gasteiger partial charge is 0.137 e. The van der Waals surface area contributed by atoms with E-state index in [1.165, 1.54) is 17.5 Å². The fraction of sp³-hybridized carbons (Fsp3) is 0.389. The van der Waals surface area contributed by atoms with Crippen LogP contribution in [0.5, 0.6) is 0 Å². The van der Waals surface area contributed by atoms with Crippen molar-refractivity contribution in [2.24, 2.45) is 0 Å². The SMILES string of the molecule is CCc1cc(N2CCCC(n3cncn3)C2)c2ccccc2n1. The molecule has 4 rings (SSSR count). The van der Waals surface area contributed by atoms with Crippen LogP contribution in [0, 0.1) is 0 Å². The topological polar surface area (TPSA) is 46.8 Å². The zero-order chi connectivity index (χ0) is 15.6. The summed E-state index contributed by atoms with van der Waals surface area (Å²) in [5.74, 6) is 0. The first kappa shape index (κ1) is 14.2. The molecule has 5 nitrogen and oxygen atoms in total. The molecule has 2 aromatic heterocycles. The van der Waals surface area contributed by atoms with Crippen molar-refractivity contribution in [2.75, 3.05) is 18.0 Å². The highest BCUT2D eigenvalue weighted by molar-refractivity contribution is 5.92. The molecule has 1 aliphatic heterocycles. The van der Waals surface area contributed by atoms with Crippen molar-refractivity contribution in [1.82, 2.24) is 19.7 Å². The van der Waals surface area contributed by atoms with Gasteiger partial charge in [0.1, 0.15) is 12.7 Å². The molecule has 0 spiro atoms. The highest BCUT2D eigenvalue weighted by Gasteiger charge is 2.23. The molecule has 0 saturated carbocycles. The van der Waals surface area contributed by atoms with Gasteiger partial charge in [0.25, 0.3) is 0 Å². The van der Waals surface area contributed by atoms with Gasteiger partial charge in [0.15, 0.2) is 0 Å². The van der Waals surface area contributed by atoms with Crippen LogP contribution in [0.3, 0.4) is 0 Å². The summed E-state index contributed by atoms with van der Waals surface area (Å²) in [7, 11) is 0. The van der Waals surface area contributed by atoms with E-state index in [2.05, 4.69) is 52.2 Å². The average Bonchev–Trinajstić information content (AvgIpc) is 3.15. The van der Waals surface area contributed by atoms with E-state index >= 15 is 0 Å². The number of anilines is 1. The Kier molecular flexibility index (Phi) is 3.69. The van der Waals surface area contributed by atoms with Crippen molar-refractivity contribution in [2.45, 2.75) is 32.2 Å². The number of aryl methyl sites for hydroxylation is 1. The van der Waals surface area contributed by atoms with Crippen molar-refractivity contribution in [3.63, 3.8) is 0 Å². The molecule has 1 unspecified atom stereocenters. The maximum atomic E-state index is 4.76. The number of rotatable bonds is 3. The van der Waals surface area contributed by atoms with Gasteiger partial charge in [0.2, 0.25) is 0 Å². The molecule has 0 aliphatic carbocycles. The van der Waals surface area contributed by atoms with E-state index in [1.54, 1.807) is 6.33 Å². The van der Waals surface area contributed by atoms with Crippen LogP contribution in [0.15, 0.2) is 43.0 Å². The lowest BCUT2D eigenvalue weighted by Crippen LogP contribution is -2.37. The molecule has 1 saturated heterocycles. The highest BCUT2D eigenvalue weighted by Crippen LogP contribution is 2.31. The Labute approximate surface area is 136 Å². The van der Waals surface area contributed by atoms with Crippen LogP contribution in [0.1, 0.15) is 31.5 Å². The maximum absolute atomic E-state index is 4.76. The molecule has 3 aromatic rings. The number of hydrogen-bond acceptors (Lipinski definition) is 4. The number of aromatic nitrogens is 4. The predicted octanol–water partition coefficient (Wildman–Crippen LogP) is 3.23. The van der Waals surface area contributed by atoms with E-state index in [0.29, 0.717) is 6.04 Å². The third-order valence-corrected chi connectivity index (χ3v) is 4.66. The normalized spacial score (nSPS) is 18.5. The molecular weight excluding hydrogens is 286 g/mol. The summed E-state index contributed by atoms with van der Waals surface area (Å²) < 4.78 is 2.00. The molecule has 23 heavy (non-hydrogen) atoms. The van der Waals surface area contributed by atoms with E-state index in [9.17, 15) is 0 Å². The van der Waals surface area contributed by atoms with E-state index in [0.717, 1.165) is 37.1 Å². The van der Waals surface area contributed by atoms with Crippen molar-refractivity contribution < 1.29 is 0 Å². The highest BCUT2D eigenvalue weighted by atomic mass is 15.3. The lowest BCUT2D eigenvalue weighted by molar-refractivity contribution is 0.375. The van der Waals surface area contributed by atoms with Gasteiger partial charge in [-0.05, 0) is 31.4 Å². The Morgan fingerprint density at radius 2 is 2.17 bits per heavy atom. The largest absolute Gasteiger partial charge is 0.369 e. The van der Waals surface area contributed by atoms with Gasteiger partial charge in [-0.15, -0.1) is 0 Å². The molecule has 1 aliphatic rings. The quantitative estimate of drug-likeness (QED) is 0.745. The van der Waals surface area contributed by atoms with Crippen molar-refractivity contribution in [3.8, 4) is 0 Å². The summed E-state index contributed by atoms with van der Waals surface area (Å²) in [6.07, 6.45) is 6.73. The fourth-order valence-corrected chi connectivity index (χ4v) is 3.45. The van der Waals surface area contributed by atoms with Gasteiger partial charge in [0, 0.05) is 29.9 Å². The van der Waals surface area contributed by atoms with Gasteiger partial charge < -0.3 is 4.90 Å². The van der Waals surface area contributed by atoms with Crippen LogP contribution in [0.25, 0.3) is 10.9 Å². The molecule has 3 heterocycles. The molecule has 5 heteroatoms. The van der Waals surface area contributed by atoms with Gasteiger partial charge in [0.05, 0.1) is 11.6 Å². The Hall–Kier alpha value is -2.43. The number of piperidine rings is 1. The average molecular weight is 307 g/mol. The second-order valence-corrected chi connectivity index (χ2v) is 6.12. The lowest BCUT2D eigenvalue weighted by atomic mass is 10.0. The standard InChI is InChI=1S/C18H21N5/c1-2-14-10-18(16-7-3-4-8-17(16)21-14)22-9-5-6-15(11-22)23-13-19-12-20-23/h3-4,7-8,10,12-13,15H,2,5-6,9,11H2,1H3. The van der Waals surface area contributed by atoms with Crippen molar-refractivity contribution >= 4 is 16.6 Å². The number of hydrogen-bond donors (Lipinski definition) is 0.